The first-order chi connectivity index (χ1) is 9.16. The van der Waals surface area contributed by atoms with Crippen molar-refractivity contribution in [1.29, 1.82) is 0 Å². The van der Waals surface area contributed by atoms with Gasteiger partial charge in [0.25, 0.3) is 0 Å². The van der Waals surface area contributed by atoms with Crippen LogP contribution in [0.4, 0.5) is 4.39 Å². The van der Waals surface area contributed by atoms with Crippen molar-refractivity contribution in [2.45, 2.75) is 18.2 Å². The molecule has 0 aliphatic heterocycles. The van der Waals surface area contributed by atoms with Gasteiger partial charge in [-0.15, -0.1) is 0 Å². The van der Waals surface area contributed by atoms with Gasteiger partial charge in [-0.3, -0.25) is 4.79 Å². The van der Waals surface area contributed by atoms with Crippen LogP contribution in [0.3, 0.4) is 0 Å². The summed E-state index contributed by atoms with van der Waals surface area (Å²) >= 11 is 11.1. The summed E-state index contributed by atoms with van der Waals surface area (Å²) in [6, 6.07) is 2.16. The van der Waals surface area contributed by atoms with Gasteiger partial charge in [-0.1, -0.05) is 30.1 Å². The maximum atomic E-state index is 13.4. The lowest BCUT2D eigenvalue weighted by molar-refractivity contribution is -0.141. The van der Waals surface area contributed by atoms with Crippen molar-refractivity contribution in [3.63, 3.8) is 0 Å². The van der Waals surface area contributed by atoms with Gasteiger partial charge in [0, 0.05) is 6.54 Å². The van der Waals surface area contributed by atoms with Gasteiger partial charge in [0.2, 0.25) is 10.0 Å². The monoisotopic (exact) mass is 343 g/mol. The van der Waals surface area contributed by atoms with Crippen LogP contribution >= 0.6 is 23.2 Å². The highest BCUT2D eigenvalue weighted by atomic mass is 35.5. The molecule has 0 saturated carbocycles. The summed E-state index contributed by atoms with van der Waals surface area (Å²) in [6.07, 6.45) is 0.0995. The van der Waals surface area contributed by atoms with E-state index in [0.717, 1.165) is 12.1 Å². The minimum atomic E-state index is -4.03. The second-order valence-corrected chi connectivity index (χ2v) is 6.62. The standard InChI is InChI=1S/C11H12Cl2FNO4S/c1-6(11(16)17)4-5-15-20(18,19)8-3-2-7(12)10(14)9(8)13/h2-3,6,15H,4-5H2,1H3,(H,16,17). The quantitative estimate of drug-likeness (QED) is 0.777. The van der Waals surface area contributed by atoms with Gasteiger partial charge in [0.1, 0.15) is 4.90 Å². The van der Waals surface area contributed by atoms with E-state index in [0.29, 0.717) is 0 Å². The maximum absolute atomic E-state index is 13.4. The van der Waals surface area contributed by atoms with E-state index in [-0.39, 0.29) is 18.0 Å². The van der Waals surface area contributed by atoms with Crippen LogP contribution < -0.4 is 4.72 Å². The van der Waals surface area contributed by atoms with Gasteiger partial charge >= 0.3 is 5.97 Å². The third-order valence-electron chi connectivity index (χ3n) is 2.58. The molecule has 2 N–H and O–H groups in total. The minimum absolute atomic E-state index is 0.0995. The Morgan fingerprint density at radius 2 is 2.05 bits per heavy atom. The highest BCUT2D eigenvalue weighted by molar-refractivity contribution is 7.89. The zero-order valence-electron chi connectivity index (χ0n) is 10.4. The summed E-state index contributed by atoms with van der Waals surface area (Å²) in [5, 5.41) is 7.79. The molecule has 0 aromatic heterocycles. The van der Waals surface area contributed by atoms with Crippen LogP contribution in [0, 0.1) is 11.7 Å². The zero-order valence-corrected chi connectivity index (χ0v) is 12.7. The number of hydrogen-bond acceptors (Lipinski definition) is 3. The second kappa shape index (κ2) is 6.71. The fraction of sp³-hybridized carbons (Fsp3) is 0.364. The summed E-state index contributed by atoms with van der Waals surface area (Å²) < 4.78 is 39.4. The van der Waals surface area contributed by atoms with E-state index < -0.39 is 37.6 Å². The number of rotatable bonds is 6. The first-order valence-corrected chi connectivity index (χ1v) is 7.76. The van der Waals surface area contributed by atoms with Crippen molar-refractivity contribution in [3.05, 3.63) is 28.0 Å². The molecule has 0 bridgehead atoms. The molecule has 0 fully saturated rings. The molecule has 112 valence electrons. The Hall–Kier alpha value is -0.890. The lowest BCUT2D eigenvalue weighted by atomic mass is 10.1. The fourth-order valence-corrected chi connectivity index (χ4v) is 3.12. The highest BCUT2D eigenvalue weighted by Crippen LogP contribution is 2.29. The van der Waals surface area contributed by atoms with Crippen LogP contribution in [0.15, 0.2) is 17.0 Å². The molecule has 0 spiro atoms. The molecular weight excluding hydrogens is 332 g/mol. The fourth-order valence-electron chi connectivity index (χ4n) is 1.33. The first-order valence-electron chi connectivity index (χ1n) is 5.52. The number of hydrogen-bond donors (Lipinski definition) is 2. The van der Waals surface area contributed by atoms with Crippen molar-refractivity contribution in [2.75, 3.05) is 6.54 Å². The molecule has 1 aromatic carbocycles. The average Bonchev–Trinajstić information content (AvgIpc) is 2.35. The van der Waals surface area contributed by atoms with Crippen molar-refractivity contribution in [1.82, 2.24) is 4.72 Å². The number of halogens is 3. The first kappa shape index (κ1) is 17.2. The highest BCUT2D eigenvalue weighted by Gasteiger charge is 2.22. The lowest BCUT2D eigenvalue weighted by Crippen LogP contribution is -2.27. The Balaban J connectivity index is 2.85. The van der Waals surface area contributed by atoms with E-state index in [4.69, 9.17) is 28.3 Å². The third kappa shape index (κ3) is 4.05. The molecule has 0 aliphatic rings. The molecule has 0 amide bonds. The van der Waals surface area contributed by atoms with E-state index in [1.165, 1.54) is 6.92 Å². The summed E-state index contributed by atoms with van der Waals surface area (Å²) in [7, 11) is -4.03. The molecule has 5 nitrogen and oxygen atoms in total. The topological polar surface area (TPSA) is 83.5 Å². The molecule has 20 heavy (non-hydrogen) atoms. The van der Waals surface area contributed by atoms with Gasteiger partial charge in [0.05, 0.1) is 16.0 Å². The predicted octanol–water partition coefficient (Wildman–Crippen LogP) is 2.52. The predicted molar refractivity (Wildman–Crippen MR) is 73.0 cm³/mol. The number of nitrogens with one attached hydrogen (secondary N) is 1. The Kier molecular flexibility index (Phi) is 5.76. The number of sulfonamides is 1. The van der Waals surface area contributed by atoms with Gasteiger partial charge in [0.15, 0.2) is 5.82 Å². The Morgan fingerprint density at radius 3 is 2.60 bits per heavy atom. The van der Waals surface area contributed by atoms with E-state index in [1.54, 1.807) is 0 Å². The Morgan fingerprint density at radius 1 is 1.45 bits per heavy atom. The van der Waals surface area contributed by atoms with E-state index >= 15 is 0 Å². The average molecular weight is 344 g/mol. The minimum Gasteiger partial charge on any atom is -0.481 e. The van der Waals surface area contributed by atoms with Crippen LogP contribution in [0.1, 0.15) is 13.3 Å². The lowest BCUT2D eigenvalue weighted by Gasteiger charge is -2.10. The van der Waals surface area contributed by atoms with Gasteiger partial charge in [-0.05, 0) is 18.6 Å². The SMILES string of the molecule is CC(CCNS(=O)(=O)c1ccc(Cl)c(F)c1Cl)C(=O)O. The summed E-state index contributed by atoms with van der Waals surface area (Å²) in [4.78, 5) is 10.2. The van der Waals surface area contributed by atoms with Crippen molar-refractivity contribution in [3.8, 4) is 0 Å². The number of carboxylic acid groups (broad SMARTS) is 1. The molecule has 0 saturated heterocycles. The van der Waals surface area contributed by atoms with E-state index in [9.17, 15) is 17.6 Å². The zero-order chi connectivity index (χ0) is 15.5. The van der Waals surface area contributed by atoms with E-state index in [2.05, 4.69) is 4.72 Å². The summed E-state index contributed by atoms with van der Waals surface area (Å²) in [5.41, 5.74) is 0. The molecule has 0 aliphatic carbocycles. The molecule has 1 atom stereocenters. The van der Waals surface area contributed by atoms with Crippen LogP contribution in [0.2, 0.25) is 10.0 Å². The van der Waals surface area contributed by atoms with Gasteiger partial charge in [-0.2, -0.15) is 0 Å². The molecule has 1 aromatic rings. The maximum Gasteiger partial charge on any atom is 0.306 e. The number of carbonyl (C=O) groups is 1. The molecule has 0 heterocycles. The van der Waals surface area contributed by atoms with Gasteiger partial charge in [-0.25, -0.2) is 17.5 Å². The Labute approximate surface area is 125 Å². The molecule has 0 radical (unpaired) electrons. The number of carboxylic acids is 1. The van der Waals surface area contributed by atoms with Gasteiger partial charge < -0.3 is 5.11 Å². The molecular formula is C11H12Cl2FNO4S. The van der Waals surface area contributed by atoms with Crippen LogP contribution in [-0.4, -0.2) is 26.0 Å². The third-order valence-corrected chi connectivity index (χ3v) is 4.86. The largest absolute Gasteiger partial charge is 0.481 e. The number of aliphatic carboxylic acids is 1. The molecule has 9 heteroatoms. The second-order valence-electron chi connectivity index (χ2n) is 4.10. The van der Waals surface area contributed by atoms with Crippen molar-refractivity contribution >= 4 is 39.2 Å². The van der Waals surface area contributed by atoms with Crippen molar-refractivity contribution in [2.24, 2.45) is 5.92 Å². The van der Waals surface area contributed by atoms with Crippen molar-refractivity contribution < 1.29 is 22.7 Å². The Bertz CT molecular complexity index is 621. The smallest absolute Gasteiger partial charge is 0.306 e. The van der Waals surface area contributed by atoms with Crippen LogP contribution in [-0.2, 0) is 14.8 Å². The van der Waals surface area contributed by atoms with E-state index in [1.807, 2.05) is 0 Å². The molecule has 1 unspecified atom stereocenters. The molecule has 1 rings (SSSR count). The number of benzene rings is 1. The summed E-state index contributed by atoms with van der Waals surface area (Å²) in [6.45, 7) is 1.35. The van der Waals surface area contributed by atoms with Crippen LogP contribution in [0.5, 0.6) is 0 Å². The normalized spacial score (nSPS) is 13.2. The summed E-state index contributed by atoms with van der Waals surface area (Å²) in [5.74, 6) is -2.75. The van der Waals surface area contributed by atoms with Crippen LogP contribution in [0.25, 0.3) is 0 Å².